The summed E-state index contributed by atoms with van der Waals surface area (Å²) in [5.74, 6) is 0.0682. The highest BCUT2D eigenvalue weighted by Gasteiger charge is 2.30. The van der Waals surface area contributed by atoms with Crippen LogP contribution in [0.4, 0.5) is 0 Å². The largest absolute Gasteiger partial charge is 0.510 e. The van der Waals surface area contributed by atoms with Crippen molar-refractivity contribution < 1.29 is 14.6 Å². The Bertz CT molecular complexity index is 1050. The number of nitrogens with zero attached hydrogens (tertiary/aromatic N) is 2. The number of hydrogen-bond donors (Lipinski definition) is 2. The molecule has 7 heteroatoms. The molecule has 142 valence electrons. The van der Waals surface area contributed by atoms with Gasteiger partial charge in [-0.15, -0.1) is 11.3 Å². The first-order chi connectivity index (χ1) is 13.6. The molecule has 0 unspecified atom stereocenters. The smallest absolute Gasteiger partial charge is 0.338 e. The van der Waals surface area contributed by atoms with Crippen LogP contribution in [0, 0.1) is 5.41 Å². The molecule has 1 aliphatic heterocycles. The molecule has 2 heterocycles. The van der Waals surface area contributed by atoms with Crippen molar-refractivity contribution >= 4 is 38.9 Å². The van der Waals surface area contributed by atoms with Crippen molar-refractivity contribution in [3.05, 3.63) is 70.4 Å². The number of aliphatic hydroxyl groups is 1. The molecule has 2 N–H and O–H groups in total. The third-order valence-electron chi connectivity index (χ3n) is 4.53. The average molecular weight is 393 g/mol. The second-order valence-electron chi connectivity index (χ2n) is 6.43. The average Bonchev–Trinajstić information content (AvgIpc) is 3.22. The van der Waals surface area contributed by atoms with Gasteiger partial charge in [0, 0.05) is 6.54 Å². The molecule has 0 amide bonds. The number of rotatable bonds is 5. The summed E-state index contributed by atoms with van der Waals surface area (Å²) in [6, 6.07) is 14.9. The predicted octanol–water partition coefficient (Wildman–Crippen LogP) is 4.24. The zero-order valence-corrected chi connectivity index (χ0v) is 16.1. The molecule has 1 aromatic heterocycles. The van der Waals surface area contributed by atoms with Crippen LogP contribution in [0.25, 0.3) is 15.8 Å². The molecular formula is C21H19N3O3S. The number of hydrogen-bond acceptors (Lipinski definition) is 6. The Labute approximate surface area is 166 Å². The fourth-order valence-corrected chi connectivity index (χ4v) is 4.19. The lowest BCUT2D eigenvalue weighted by Gasteiger charge is -2.18. The van der Waals surface area contributed by atoms with Crippen molar-refractivity contribution in [3.8, 4) is 0 Å². The number of carbonyl (C=O) groups excluding carboxylic acids is 1. The molecule has 0 atom stereocenters. The van der Waals surface area contributed by atoms with Gasteiger partial charge in [-0.2, -0.15) is 0 Å². The molecule has 0 aliphatic carbocycles. The number of para-hydroxylation sites is 1. The zero-order valence-electron chi connectivity index (χ0n) is 15.3. The highest BCUT2D eigenvalue weighted by molar-refractivity contribution is 7.19. The summed E-state index contributed by atoms with van der Waals surface area (Å²) < 4.78 is 6.02. The third kappa shape index (κ3) is 3.36. The van der Waals surface area contributed by atoms with Gasteiger partial charge >= 0.3 is 5.97 Å². The Balaban J connectivity index is 1.51. The molecule has 28 heavy (non-hydrogen) atoms. The van der Waals surface area contributed by atoms with Crippen LogP contribution in [-0.2, 0) is 11.3 Å². The van der Waals surface area contributed by atoms with E-state index in [0.717, 1.165) is 15.8 Å². The minimum Gasteiger partial charge on any atom is -0.510 e. The Hall–Kier alpha value is -3.19. The first kappa shape index (κ1) is 18.2. The molecule has 3 aromatic rings. The number of nitrogens with one attached hydrogen (secondary N) is 1. The van der Waals surface area contributed by atoms with Gasteiger partial charge < -0.3 is 14.7 Å². The molecule has 0 spiro atoms. The monoisotopic (exact) mass is 393 g/mol. The van der Waals surface area contributed by atoms with Gasteiger partial charge in [0.25, 0.3) is 0 Å². The minimum atomic E-state index is -0.347. The Morgan fingerprint density at radius 1 is 1.25 bits per heavy atom. The minimum absolute atomic E-state index is 0.159. The number of benzene rings is 2. The van der Waals surface area contributed by atoms with Gasteiger partial charge in [0.15, 0.2) is 0 Å². The van der Waals surface area contributed by atoms with Crippen LogP contribution >= 0.6 is 11.3 Å². The van der Waals surface area contributed by atoms with E-state index in [0.29, 0.717) is 29.3 Å². The zero-order chi connectivity index (χ0) is 19.7. The summed E-state index contributed by atoms with van der Waals surface area (Å²) in [6.45, 7) is 2.84. The second-order valence-corrected chi connectivity index (χ2v) is 7.46. The van der Waals surface area contributed by atoms with Gasteiger partial charge in [-0.3, -0.25) is 5.41 Å². The maximum atomic E-state index is 11.8. The SMILES string of the molecule is CCOC(=O)c1ccc(CN2CC(O)=C(c3nc4ccccc4s3)C2=N)cc1. The maximum absolute atomic E-state index is 11.8. The van der Waals surface area contributed by atoms with Crippen molar-refractivity contribution in [2.75, 3.05) is 13.2 Å². The summed E-state index contributed by atoms with van der Waals surface area (Å²) in [7, 11) is 0. The van der Waals surface area contributed by atoms with Crippen LogP contribution in [-0.4, -0.2) is 39.9 Å². The first-order valence-electron chi connectivity index (χ1n) is 8.94. The fourth-order valence-electron chi connectivity index (χ4n) is 3.15. The lowest BCUT2D eigenvalue weighted by molar-refractivity contribution is 0.0526. The molecular weight excluding hydrogens is 374 g/mol. The Morgan fingerprint density at radius 2 is 2.00 bits per heavy atom. The van der Waals surface area contributed by atoms with Gasteiger partial charge in [-0.1, -0.05) is 24.3 Å². The van der Waals surface area contributed by atoms with E-state index in [-0.39, 0.29) is 24.1 Å². The van der Waals surface area contributed by atoms with E-state index in [2.05, 4.69) is 4.98 Å². The molecule has 0 bridgehead atoms. The van der Waals surface area contributed by atoms with Crippen LogP contribution in [0.2, 0.25) is 0 Å². The van der Waals surface area contributed by atoms with Gasteiger partial charge in [0.05, 0.1) is 34.5 Å². The molecule has 1 aliphatic rings. The van der Waals surface area contributed by atoms with Gasteiger partial charge in [0.1, 0.15) is 16.6 Å². The Kier molecular flexibility index (Phi) is 4.83. The van der Waals surface area contributed by atoms with Crippen molar-refractivity contribution in [3.63, 3.8) is 0 Å². The molecule has 0 fully saturated rings. The number of carbonyl (C=O) groups is 1. The van der Waals surface area contributed by atoms with Gasteiger partial charge in [-0.25, -0.2) is 9.78 Å². The maximum Gasteiger partial charge on any atom is 0.338 e. The molecule has 0 radical (unpaired) electrons. The third-order valence-corrected chi connectivity index (χ3v) is 5.58. The Morgan fingerprint density at radius 3 is 2.71 bits per heavy atom. The van der Waals surface area contributed by atoms with E-state index >= 15 is 0 Å². The topological polar surface area (TPSA) is 86.5 Å². The number of fused-ring (bicyclic) bond motifs is 1. The highest BCUT2D eigenvalue weighted by Crippen LogP contribution is 2.33. The van der Waals surface area contributed by atoms with E-state index in [9.17, 15) is 9.90 Å². The molecule has 0 saturated carbocycles. The number of aliphatic hydroxyl groups excluding tert-OH is 1. The first-order valence-corrected chi connectivity index (χ1v) is 9.76. The van der Waals surface area contributed by atoms with Crippen molar-refractivity contribution in [2.24, 2.45) is 0 Å². The van der Waals surface area contributed by atoms with Crippen molar-refractivity contribution in [1.82, 2.24) is 9.88 Å². The van der Waals surface area contributed by atoms with Crippen LogP contribution in [0.5, 0.6) is 0 Å². The summed E-state index contributed by atoms with van der Waals surface area (Å²) in [5, 5.41) is 19.6. The summed E-state index contributed by atoms with van der Waals surface area (Å²) >= 11 is 1.47. The van der Waals surface area contributed by atoms with Crippen LogP contribution in [0.1, 0.15) is 27.9 Å². The quantitative estimate of drug-likeness (QED) is 0.634. The number of ether oxygens (including phenoxy) is 1. The lowest BCUT2D eigenvalue weighted by Crippen LogP contribution is -2.26. The fraction of sp³-hybridized carbons (Fsp3) is 0.190. The van der Waals surface area contributed by atoms with Crippen LogP contribution in [0.15, 0.2) is 54.3 Å². The van der Waals surface area contributed by atoms with E-state index in [1.54, 1.807) is 24.0 Å². The molecule has 6 nitrogen and oxygen atoms in total. The molecule has 2 aromatic carbocycles. The summed E-state index contributed by atoms with van der Waals surface area (Å²) in [5.41, 5.74) is 2.79. The summed E-state index contributed by atoms with van der Waals surface area (Å²) in [6.07, 6.45) is 0. The van der Waals surface area contributed by atoms with Gasteiger partial charge in [0.2, 0.25) is 0 Å². The van der Waals surface area contributed by atoms with Crippen molar-refractivity contribution in [1.29, 1.82) is 5.41 Å². The van der Waals surface area contributed by atoms with Gasteiger partial charge in [-0.05, 0) is 36.8 Å². The number of esters is 1. The second kappa shape index (κ2) is 7.44. The van der Waals surface area contributed by atoms with E-state index in [4.69, 9.17) is 10.1 Å². The standard InChI is InChI=1S/C21H19N3O3S/c1-2-27-21(26)14-9-7-13(8-10-14)11-24-12-16(25)18(19(24)22)20-23-15-5-3-4-6-17(15)28-20/h3-10,22,25H,2,11-12H2,1H3. The number of thiazole rings is 1. The highest BCUT2D eigenvalue weighted by atomic mass is 32.1. The number of aromatic nitrogens is 1. The molecule has 4 rings (SSSR count). The molecule has 0 saturated heterocycles. The normalized spacial score (nSPS) is 14.2. The van der Waals surface area contributed by atoms with Crippen LogP contribution in [0.3, 0.4) is 0 Å². The van der Waals surface area contributed by atoms with E-state index in [1.165, 1.54) is 11.3 Å². The van der Waals surface area contributed by atoms with E-state index < -0.39 is 0 Å². The van der Waals surface area contributed by atoms with Crippen LogP contribution < -0.4 is 0 Å². The van der Waals surface area contributed by atoms with Crippen molar-refractivity contribution in [2.45, 2.75) is 13.5 Å². The summed E-state index contributed by atoms with van der Waals surface area (Å²) in [4.78, 5) is 18.1. The predicted molar refractivity (Wildman–Crippen MR) is 110 cm³/mol. The number of amidine groups is 1. The lowest BCUT2D eigenvalue weighted by atomic mass is 10.1. The van der Waals surface area contributed by atoms with E-state index in [1.807, 2.05) is 36.4 Å².